The minimum atomic E-state index is -0.0194. The molecule has 0 radical (unpaired) electrons. The van der Waals surface area contributed by atoms with E-state index in [-0.39, 0.29) is 24.3 Å². The van der Waals surface area contributed by atoms with Crippen LogP contribution in [0, 0.1) is 5.92 Å². The highest BCUT2D eigenvalue weighted by atomic mass is 16.5. The van der Waals surface area contributed by atoms with Crippen LogP contribution in [0.1, 0.15) is 31.7 Å². The number of fused-ring (bicyclic) bond motifs is 1. The van der Waals surface area contributed by atoms with Gasteiger partial charge >= 0.3 is 0 Å². The summed E-state index contributed by atoms with van der Waals surface area (Å²) in [7, 11) is 0. The van der Waals surface area contributed by atoms with Gasteiger partial charge in [-0.05, 0) is 48.9 Å². The Balaban J connectivity index is 1.45. The summed E-state index contributed by atoms with van der Waals surface area (Å²) in [6.07, 6.45) is 2.95. The lowest BCUT2D eigenvalue weighted by atomic mass is 9.97. The van der Waals surface area contributed by atoms with E-state index >= 15 is 0 Å². The number of amides is 3. The van der Waals surface area contributed by atoms with Gasteiger partial charge in [-0.15, -0.1) is 0 Å². The third-order valence-electron chi connectivity index (χ3n) is 4.94. The smallest absolute Gasteiger partial charge is 0.260 e. The Morgan fingerprint density at radius 2 is 2.04 bits per heavy atom. The van der Waals surface area contributed by atoms with Gasteiger partial charge in [-0.1, -0.05) is 0 Å². The molecule has 2 aliphatic heterocycles. The molecule has 1 fully saturated rings. The molecular formula is C19H25N3O4. The minimum absolute atomic E-state index is 0.0125. The quantitative estimate of drug-likeness (QED) is 0.830. The Labute approximate surface area is 153 Å². The maximum absolute atomic E-state index is 12.4. The van der Waals surface area contributed by atoms with Crippen molar-refractivity contribution in [3.63, 3.8) is 0 Å². The van der Waals surface area contributed by atoms with Crippen molar-refractivity contribution in [2.45, 2.75) is 32.6 Å². The van der Waals surface area contributed by atoms with Gasteiger partial charge in [0.05, 0.1) is 0 Å². The molecule has 7 heteroatoms. The van der Waals surface area contributed by atoms with Gasteiger partial charge < -0.3 is 20.3 Å². The number of aryl methyl sites for hydroxylation is 1. The molecule has 26 heavy (non-hydrogen) atoms. The topological polar surface area (TPSA) is 87.7 Å². The molecule has 7 nitrogen and oxygen atoms in total. The first kappa shape index (κ1) is 18.2. The van der Waals surface area contributed by atoms with E-state index < -0.39 is 0 Å². The third kappa shape index (κ3) is 4.74. The summed E-state index contributed by atoms with van der Waals surface area (Å²) < 4.78 is 5.66. The summed E-state index contributed by atoms with van der Waals surface area (Å²) in [5.74, 6) is 1.08. The molecule has 1 aromatic carbocycles. The van der Waals surface area contributed by atoms with Gasteiger partial charge in [0.25, 0.3) is 5.91 Å². The second-order valence-electron chi connectivity index (χ2n) is 6.92. The highest BCUT2D eigenvalue weighted by molar-refractivity contribution is 5.94. The Hall–Kier alpha value is -2.57. The molecular weight excluding hydrogens is 334 g/mol. The van der Waals surface area contributed by atoms with Crippen LogP contribution in [0.4, 0.5) is 5.69 Å². The van der Waals surface area contributed by atoms with E-state index in [0.29, 0.717) is 44.1 Å². The molecule has 140 valence electrons. The molecule has 2 heterocycles. The molecule has 0 unspecified atom stereocenters. The van der Waals surface area contributed by atoms with Crippen molar-refractivity contribution in [3.8, 4) is 5.75 Å². The lowest BCUT2D eigenvalue weighted by Crippen LogP contribution is -2.43. The summed E-state index contributed by atoms with van der Waals surface area (Å²) in [6.45, 7) is 3.61. The molecule has 0 spiro atoms. The second-order valence-corrected chi connectivity index (χ2v) is 6.92. The fraction of sp³-hybridized carbons (Fsp3) is 0.526. The van der Waals surface area contributed by atoms with Crippen molar-refractivity contribution in [3.05, 3.63) is 23.8 Å². The molecule has 3 amide bonds. The van der Waals surface area contributed by atoms with E-state index in [2.05, 4.69) is 10.6 Å². The zero-order valence-electron chi connectivity index (χ0n) is 15.0. The van der Waals surface area contributed by atoms with Crippen molar-refractivity contribution in [1.82, 2.24) is 10.2 Å². The number of rotatable bonds is 5. The summed E-state index contributed by atoms with van der Waals surface area (Å²) >= 11 is 0. The van der Waals surface area contributed by atoms with Crippen LogP contribution in [0.3, 0.4) is 0 Å². The van der Waals surface area contributed by atoms with Gasteiger partial charge in [-0.2, -0.15) is 0 Å². The molecule has 2 N–H and O–H groups in total. The Morgan fingerprint density at radius 1 is 1.27 bits per heavy atom. The molecule has 0 bridgehead atoms. The molecule has 0 atom stereocenters. The van der Waals surface area contributed by atoms with Crippen molar-refractivity contribution in [2.24, 2.45) is 5.92 Å². The highest BCUT2D eigenvalue weighted by Gasteiger charge is 2.23. The molecule has 0 saturated carbocycles. The van der Waals surface area contributed by atoms with E-state index in [1.807, 2.05) is 17.0 Å². The standard InChI is InChI=1S/C19H25N3O4/c1-13(23)20-11-14-6-8-22(9-7-14)19(25)12-26-16-3-4-17-15(10-16)2-5-18(24)21-17/h3-4,10,14H,2,5-9,11-12H2,1H3,(H,20,23)(H,21,24). The molecule has 1 aromatic rings. The summed E-state index contributed by atoms with van der Waals surface area (Å²) in [5, 5.41) is 5.67. The number of carbonyl (C=O) groups excluding carboxylic acids is 3. The van der Waals surface area contributed by atoms with Crippen LogP contribution in [-0.4, -0.2) is 48.9 Å². The van der Waals surface area contributed by atoms with Crippen LogP contribution in [-0.2, 0) is 20.8 Å². The van der Waals surface area contributed by atoms with Crippen LogP contribution in [0.25, 0.3) is 0 Å². The van der Waals surface area contributed by atoms with E-state index in [1.165, 1.54) is 6.92 Å². The Kier molecular flexibility index (Phi) is 5.75. The van der Waals surface area contributed by atoms with Crippen molar-refractivity contribution >= 4 is 23.4 Å². The van der Waals surface area contributed by atoms with Crippen molar-refractivity contribution < 1.29 is 19.1 Å². The SMILES string of the molecule is CC(=O)NCC1CCN(C(=O)COc2ccc3c(c2)CCC(=O)N3)CC1. The van der Waals surface area contributed by atoms with Gasteiger partial charge in [-0.25, -0.2) is 0 Å². The molecule has 1 saturated heterocycles. The first-order chi connectivity index (χ1) is 12.5. The van der Waals surface area contributed by atoms with Crippen molar-refractivity contribution in [2.75, 3.05) is 31.6 Å². The van der Waals surface area contributed by atoms with Gasteiger partial charge in [-0.3, -0.25) is 14.4 Å². The van der Waals surface area contributed by atoms with Crippen LogP contribution < -0.4 is 15.4 Å². The molecule has 2 aliphatic rings. The summed E-state index contributed by atoms with van der Waals surface area (Å²) in [5.41, 5.74) is 1.86. The number of anilines is 1. The average Bonchev–Trinajstić information content (AvgIpc) is 2.64. The summed E-state index contributed by atoms with van der Waals surface area (Å²) in [4.78, 5) is 36.5. The highest BCUT2D eigenvalue weighted by Crippen LogP contribution is 2.27. The number of nitrogens with zero attached hydrogens (tertiary/aromatic N) is 1. The normalized spacial score (nSPS) is 17.3. The predicted molar refractivity (Wildman–Crippen MR) is 96.9 cm³/mol. The Bertz CT molecular complexity index is 696. The van der Waals surface area contributed by atoms with Gasteiger partial charge in [0.2, 0.25) is 11.8 Å². The van der Waals surface area contributed by atoms with Gasteiger partial charge in [0.1, 0.15) is 5.75 Å². The van der Waals surface area contributed by atoms with E-state index in [1.54, 1.807) is 6.07 Å². The van der Waals surface area contributed by atoms with Crippen LogP contribution in [0.5, 0.6) is 5.75 Å². The predicted octanol–water partition coefficient (Wildman–Crippen LogP) is 1.32. The van der Waals surface area contributed by atoms with E-state index in [0.717, 1.165) is 24.1 Å². The van der Waals surface area contributed by atoms with Crippen LogP contribution in [0.2, 0.25) is 0 Å². The minimum Gasteiger partial charge on any atom is -0.484 e. The van der Waals surface area contributed by atoms with E-state index in [4.69, 9.17) is 4.74 Å². The maximum Gasteiger partial charge on any atom is 0.260 e. The third-order valence-corrected chi connectivity index (χ3v) is 4.94. The Morgan fingerprint density at radius 3 is 2.77 bits per heavy atom. The number of hydrogen-bond acceptors (Lipinski definition) is 4. The fourth-order valence-corrected chi connectivity index (χ4v) is 3.36. The average molecular weight is 359 g/mol. The first-order valence-electron chi connectivity index (χ1n) is 9.09. The number of nitrogens with one attached hydrogen (secondary N) is 2. The molecule has 0 aromatic heterocycles. The number of ether oxygens (including phenoxy) is 1. The van der Waals surface area contributed by atoms with E-state index in [9.17, 15) is 14.4 Å². The lowest BCUT2D eigenvalue weighted by Gasteiger charge is -2.32. The number of carbonyl (C=O) groups is 3. The largest absolute Gasteiger partial charge is 0.484 e. The van der Waals surface area contributed by atoms with Crippen LogP contribution in [0.15, 0.2) is 18.2 Å². The maximum atomic E-state index is 12.4. The number of benzene rings is 1. The fourth-order valence-electron chi connectivity index (χ4n) is 3.36. The molecule has 3 rings (SSSR count). The zero-order chi connectivity index (χ0) is 18.5. The zero-order valence-corrected chi connectivity index (χ0v) is 15.0. The summed E-state index contributed by atoms with van der Waals surface area (Å²) in [6, 6.07) is 5.48. The lowest BCUT2D eigenvalue weighted by molar-refractivity contribution is -0.135. The van der Waals surface area contributed by atoms with Crippen molar-refractivity contribution in [1.29, 1.82) is 0 Å². The van der Waals surface area contributed by atoms with Crippen LogP contribution >= 0.6 is 0 Å². The number of likely N-dealkylation sites (tertiary alicyclic amines) is 1. The van der Waals surface area contributed by atoms with Gasteiger partial charge in [0, 0.05) is 38.7 Å². The molecule has 0 aliphatic carbocycles. The first-order valence-corrected chi connectivity index (χ1v) is 9.09. The van der Waals surface area contributed by atoms with Gasteiger partial charge in [0.15, 0.2) is 6.61 Å². The second kappa shape index (κ2) is 8.21. The number of hydrogen-bond donors (Lipinski definition) is 2. The number of piperidine rings is 1. The monoisotopic (exact) mass is 359 g/mol.